The van der Waals surface area contributed by atoms with Crippen molar-refractivity contribution in [3.63, 3.8) is 0 Å². The van der Waals surface area contributed by atoms with Gasteiger partial charge in [-0.2, -0.15) is 0 Å². The molecule has 0 radical (unpaired) electrons. The summed E-state index contributed by atoms with van der Waals surface area (Å²) in [5.74, 6) is -0.232. The molecule has 20 heavy (non-hydrogen) atoms. The van der Waals surface area contributed by atoms with E-state index in [0.717, 1.165) is 24.0 Å². The molecule has 2 unspecified atom stereocenters. The molecule has 1 aliphatic rings. The zero-order chi connectivity index (χ0) is 14.7. The predicted molar refractivity (Wildman–Crippen MR) is 74.9 cm³/mol. The molecule has 2 rings (SSSR count). The lowest BCUT2D eigenvalue weighted by Crippen LogP contribution is -2.39. The Bertz CT molecular complexity index is 491. The maximum absolute atomic E-state index is 13.1. The van der Waals surface area contributed by atoms with Gasteiger partial charge < -0.3 is 15.3 Å². The number of carbonyl (C=O) groups excluding carboxylic acids is 1. The molecule has 1 aliphatic carbocycles. The maximum atomic E-state index is 13.1. The number of hydrogen-bond acceptors (Lipinski definition) is 2. The molecule has 2 amide bonds. The lowest BCUT2D eigenvalue weighted by atomic mass is 10.1. The normalized spacial score (nSPS) is 18.5. The maximum Gasteiger partial charge on any atom is 0.317 e. The van der Waals surface area contributed by atoms with E-state index in [4.69, 9.17) is 0 Å². The number of urea groups is 1. The number of rotatable bonds is 4. The van der Waals surface area contributed by atoms with Crippen molar-refractivity contribution in [1.29, 1.82) is 0 Å². The average molecular weight is 280 g/mol. The summed E-state index contributed by atoms with van der Waals surface area (Å²) < 4.78 is 13.1. The number of aliphatic hydroxyl groups is 1. The van der Waals surface area contributed by atoms with Gasteiger partial charge in [-0.25, -0.2) is 9.18 Å². The van der Waals surface area contributed by atoms with Gasteiger partial charge in [0.2, 0.25) is 0 Å². The first-order valence-corrected chi connectivity index (χ1v) is 6.95. The van der Waals surface area contributed by atoms with Gasteiger partial charge in [-0.1, -0.05) is 6.07 Å². The zero-order valence-electron chi connectivity index (χ0n) is 11.9. The van der Waals surface area contributed by atoms with Crippen LogP contribution in [0.2, 0.25) is 0 Å². The van der Waals surface area contributed by atoms with Gasteiger partial charge >= 0.3 is 6.03 Å². The van der Waals surface area contributed by atoms with E-state index in [9.17, 15) is 14.3 Å². The predicted octanol–water partition coefficient (Wildman–Crippen LogP) is 2.23. The Hall–Kier alpha value is -1.62. The van der Waals surface area contributed by atoms with Crippen LogP contribution in [0.3, 0.4) is 0 Å². The smallest absolute Gasteiger partial charge is 0.317 e. The van der Waals surface area contributed by atoms with Crippen LogP contribution in [0.4, 0.5) is 9.18 Å². The van der Waals surface area contributed by atoms with Gasteiger partial charge in [0.15, 0.2) is 0 Å². The van der Waals surface area contributed by atoms with E-state index in [0.29, 0.717) is 13.0 Å². The van der Waals surface area contributed by atoms with Crippen LogP contribution in [0.1, 0.15) is 36.9 Å². The summed E-state index contributed by atoms with van der Waals surface area (Å²) >= 11 is 0. The van der Waals surface area contributed by atoms with Crippen molar-refractivity contribution >= 4 is 6.03 Å². The highest BCUT2D eigenvalue weighted by Crippen LogP contribution is 2.31. The molecule has 1 aromatic carbocycles. The molecule has 110 valence electrons. The molecule has 0 bridgehead atoms. The van der Waals surface area contributed by atoms with Crippen LogP contribution in [0, 0.1) is 5.82 Å². The van der Waals surface area contributed by atoms with Crippen LogP contribution in [0.5, 0.6) is 0 Å². The Balaban J connectivity index is 1.94. The third-order valence-electron chi connectivity index (χ3n) is 3.71. The molecular weight excluding hydrogens is 259 g/mol. The largest absolute Gasteiger partial charge is 0.393 e. The molecule has 1 aromatic rings. The highest BCUT2D eigenvalue weighted by atomic mass is 19.1. The van der Waals surface area contributed by atoms with Crippen LogP contribution in [0.15, 0.2) is 18.2 Å². The van der Waals surface area contributed by atoms with Gasteiger partial charge in [-0.3, -0.25) is 0 Å². The second kappa shape index (κ2) is 6.22. The molecule has 0 spiro atoms. The number of fused-ring (bicyclic) bond motifs is 1. The summed E-state index contributed by atoms with van der Waals surface area (Å²) in [6.45, 7) is 2.21. The van der Waals surface area contributed by atoms with Crippen molar-refractivity contribution in [1.82, 2.24) is 10.2 Å². The second-order valence-electron chi connectivity index (χ2n) is 5.44. The van der Waals surface area contributed by atoms with Crippen molar-refractivity contribution in [2.24, 2.45) is 0 Å². The zero-order valence-corrected chi connectivity index (χ0v) is 11.9. The number of aliphatic hydroxyl groups excluding tert-OH is 1. The van der Waals surface area contributed by atoms with Crippen LogP contribution in [-0.2, 0) is 6.42 Å². The third-order valence-corrected chi connectivity index (χ3v) is 3.71. The molecule has 5 heteroatoms. The fraction of sp³-hybridized carbons (Fsp3) is 0.533. The van der Waals surface area contributed by atoms with Crippen LogP contribution in [-0.4, -0.2) is 35.7 Å². The summed E-state index contributed by atoms with van der Waals surface area (Å²) in [5, 5.41) is 12.2. The molecule has 0 saturated carbocycles. The Morgan fingerprint density at radius 1 is 1.60 bits per heavy atom. The Morgan fingerprint density at radius 2 is 2.35 bits per heavy atom. The molecular formula is C15H21FN2O2. The van der Waals surface area contributed by atoms with E-state index < -0.39 is 6.10 Å². The lowest BCUT2D eigenvalue weighted by molar-refractivity contribution is 0.162. The average Bonchev–Trinajstić information content (AvgIpc) is 2.78. The summed E-state index contributed by atoms with van der Waals surface area (Å²) in [6.07, 6.45) is 1.72. The summed E-state index contributed by atoms with van der Waals surface area (Å²) in [6, 6.07) is 4.51. The van der Waals surface area contributed by atoms with Crippen molar-refractivity contribution < 1.29 is 14.3 Å². The fourth-order valence-electron chi connectivity index (χ4n) is 2.48. The van der Waals surface area contributed by atoms with Crippen LogP contribution < -0.4 is 5.32 Å². The second-order valence-corrected chi connectivity index (χ2v) is 5.44. The van der Waals surface area contributed by atoms with Crippen molar-refractivity contribution in [2.75, 3.05) is 13.6 Å². The SMILES string of the molecule is CC(O)CCN(C)C(=O)NC1CCc2cc(F)ccc21. The quantitative estimate of drug-likeness (QED) is 0.888. The number of hydrogen-bond donors (Lipinski definition) is 2. The molecule has 2 atom stereocenters. The number of nitrogens with one attached hydrogen (secondary N) is 1. The number of nitrogens with zero attached hydrogens (tertiary/aromatic N) is 1. The van der Waals surface area contributed by atoms with Gasteiger partial charge in [0.05, 0.1) is 12.1 Å². The standard InChI is InChI=1S/C15H21FN2O2/c1-10(19)7-8-18(2)15(20)17-14-6-3-11-9-12(16)4-5-13(11)14/h4-5,9-10,14,19H,3,6-8H2,1-2H3,(H,17,20). The molecule has 2 N–H and O–H groups in total. The number of aryl methyl sites for hydroxylation is 1. The third kappa shape index (κ3) is 3.48. The molecule has 0 aromatic heterocycles. The highest BCUT2D eigenvalue weighted by Gasteiger charge is 2.25. The molecule has 0 heterocycles. The Morgan fingerprint density at radius 3 is 3.05 bits per heavy atom. The van der Waals surface area contributed by atoms with Gasteiger partial charge in [0, 0.05) is 13.6 Å². The first-order valence-electron chi connectivity index (χ1n) is 6.95. The highest BCUT2D eigenvalue weighted by molar-refractivity contribution is 5.74. The Kier molecular flexibility index (Phi) is 4.60. The van der Waals surface area contributed by atoms with Crippen LogP contribution >= 0.6 is 0 Å². The molecule has 0 fully saturated rings. The van der Waals surface area contributed by atoms with E-state index in [1.807, 2.05) is 0 Å². The molecule has 4 nitrogen and oxygen atoms in total. The number of halogens is 1. The minimum atomic E-state index is -0.416. The summed E-state index contributed by atoms with van der Waals surface area (Å²) in [7, 11) is 1.71. The summed E-state index contributed by atoms with van der Waals surface area (Å²) in [4.78, 5) is 13.6. The topological polar surface area (TPSA) is 52.6 Å². The van der Waals surface area contributed by atoms with Gasteiger partial charge in [0.1, 0.15) is 5.82 Å². The summed E-state index contributed by atoms with van der Waals surface area (Å²) in [5.41, 5.74) is 1.98. The van der Waals surface area contributed by atoms with E-state index in [1.165, 1.54) is 6.07 Å². The van der Waals surface area contributed by atoms with Crippen LogP contribution in [0.25, 0.3) is 0 Å². The van der Waals surface area contributed by atoms with E-state index in [-0.39, 0.29) is 17.9 Å². The minimum absolute atomic E-state index is 0.0490. The fourth-order valence-corrected chi connectivity index (χ4v) is 2.48. The number of amides is 2. The Labute approximate surface area is 118 Å². The van der Waals surface area contributed by atoms with Gasteiger partial charge in [-0.15, -0.1) is 0 Å². The first kappa shape index (κ1) is 14.8. The lowest BCUT2D eigenvalue weighted by Gasteiger charge is -2.22. The van der Waals surface area contributed by atoms with Gasteiger partial charge in [0.25, 0.3) is 0 Å². The van der Waals surface area contributed by atoms with Crippen molar-refractivity contribution in [3.05, 3.63) is 35.1 Å². The molecule has 0 saturated heterocycles. The number of carbonyl (C=O) groups is 1. The monoisotopic (exact) mass is 280 g/mol. The van der Waals surface area contributed by atoms with E-state index in [2.05, 4.69) is 5.32 Å². The van der Waals surface area contributed by atoms with E-state index in [1.54, 1.807) is 31.0 Å². The number of benzene rings is 1. The molecule has 0 aliphatic heterocycles. The minimum Gasteiger partial charge on any atom is -0.393 e. The van der Waals surface area contributed by atoms with Crippen molar-refractivity contribution in [3.8, 4) is 0 Å². The van der Waals surface area contributed by atoms with Crippen molar-refractivity contribution in [2.45, 2.75) is 38.3 Å². The van der Waals surface area contributed by atoms with E-state index >= 15 is 0 Å². The van der Waals surface area contributed by atoms with Gasteiger partial charge in [-0.05, 0) is 49.4 Å². The first-order chi connectivity index (χ1) is 9.47.